The van der Waals surface area contributed by atoms with Gasteiger partial charge in [0.15, 0.2) is 0 Å². The number of hydrogen-bond acceptors (Lipinski definition) is 3. The molecule has 2 aromatic rings. The van der Waals surface area contributed by atoms with E-state index >= 15 is 0 Å². The minimum Gasteiger partial charge on any atom is -0.313 e. The molecule has 0 aliphatic carbocycles. The van der Waals surface area contributed by atoms with Crippen molar-refractivity contribution in [3.8, 4) is 0 Å². The third-order valence-electron chi connectivity index (χ3n) is 4.41. The molecule has 1 N–H and O–H groups in total. The second-order valence-corrected chi connectivity index (χ2v) is 7.68. The molecular formula is C22H32N2S. The van der Waals surface area contributed by atoms with E-state index < -0.39 is 0 Å². The lowest BCUT2D eigenvalue weighted by molar-refractivity contribution is 0.344. The molecule has 0 saturated heterocycles. The van der Waals surface area contributed by atoms with E-state index in [1.807, 2.05) is 11.8 Å². The molecule has 25 heavy (non-hydrogen) atoms. The highest BCUT2D eigenvalue weighted by Gasteiger charge is 1.98. The van der Waals surface area contributed by atoms with Gasteiger partial charge in [0.2, 0.25) is 0 Å². The molecule has 0 radical (unpaired) electrons. The number of rotatable bonds is 12. The van der Waals surface area contributed by atoms with Crippen LogP contribution in [-0.2, 0) is 13.0 Å². The SMILES string of the molecule is CCN(C)CCCNCc1ccc(SCCCc2ccccc2)cc1. The zero-order valence-corrected chi connectivity index (χ0v) is 16.5. The summed E-state index contributed by atoms with van der Waals surface area (Å²) < 4.78 is 0. The first kappa shape index (κ1) is 20.0. The molecule has 0 fully saturated rings. The van der Waals surface area contributed by atoms with Gasteiger partial charge in [0.25, 0.3) is 0 Å². The van der Waals surface area contributed by atoms with Gasteiger partial charge in [-0.2, -0.15) is 0 Å². The van der Waals surface area contributed by atoms with Crippen LogP contribution in [0.5, 0.6) is 0 Å². The summed E-state index contributed by atoms with van der Waals surface area (Å²) in [5, 5.41) is 3.54. The minimum atomic E-state index is 0.967. The molecule has 136 valence electrons. The summed E-state index contributed by atoms with van der Waals surface area (Å²) in [4.78, 5) is 3.73. The Morgan fingerprint density at radius 2 is 1.68 bits per heavy atom. The summed E-state index contributed by atoms with van der Waals surface area (Å²) in [6.45, 7) is 6.55. The van der Waals surface area contributed by atoms with E-state index in [-0.39, 0.29) is 0 Å². The highest BCUT2D eigenvalue weighted by molar-refractivity contribution is 7.99. The number of thioether (sulfide) groups is 1. The molecule has 0 atom stereocenters. The standard InChI is InChI=1S/C22H32N2S/c1-3-24(2)17-8-16-23-19-21-12-14-22(15-13-21)25-18-7-11-20-9-5-4-6-10-20/h4-6,9-10,12-15,23H,3,7-8,11,16-19H2,1-2H3. The number of hydrogen-bond donors (Lipinski definition) is 1. The summed E-state index contributed by atoms with van der Waals surface area (Å²) in [5.41, 5.74) is 2.81. The molecule has 0 aromatic heterocycles. The first-order valence-electron chi connectivity index (χ1n) is 9.43. The third-order valence-corrected chi connectivity index (χ3v) is 5.51. The Hall–Kier alpha value is -1.29. The fraction of sp³-hybridized carbons (Fsp3) is 0.455. The molecule has 0 spiro atoms. The largest absolute Gasteiger partial charge is 0.313 e. The fourth-order valence-electron chi connectivity index (χ4n) is 2.68. The predicted octanol–water partition coefficient (Wildman–Crippen LogP) is 4.84. The lowest BCUT2D eigenvalue weighted by Gasteiger charge is -2.13. The van der Waals surface area contributed by atoms with Gasteiger partial charge in [0, 0.05) is 11.4 Å². The summed E-state index contributed by atoms with van der Waals surface area (Å²) >= 11 is 1.96. The maximum absolute atomic E-state index is 3.54. The molecule has 0 unspecified atom stereocenters. The number of benzene rings is 2. The normalized spacial score (nSPS) is 11.2. The summed E-state index contributed by atoms with van der Waals surface area (Å²) in [6.07, 6.45) is 3.60. The van der Waals surface area contributed by atoms with Crippen molar-refractivity contribution in [3.05, 3.63) is 65.7 Å². The molecule has 2 aromatic carbocycles. The quantitative estimate of drug-likeness (QED) is 0.432. The Morgan fingerprint density at radius 3 is 2.40 bits per heavy atom. The van der Waals surface area contributed by atoms with Crippen LogP contribution in [0.15, 0.2) is 59.5 Å². The molecule has 0 bridgehead atoms. The monoisotopic (exact) mass is 356 g/mol. The zero-order valence-electron chi connectivity index (χ0n) is 15.7. The molecule has 2 rings (SSSR count). The molecule has 0 aliphatic rings. The second-order valence-electron chi connectivity index (χ2n) is 6.51. The Bertz CT molecular complexity index is 568. The van der Waals surface area contributed by atoms with Crippen LogP contribution in [0.1, 0.15) is 30.9 Å². The van der Waals surface area contributed by atoms with Gasteiger partial charge < -0.3 is 10.2 Å². The number of nitrogens with zero attached hydrogens (tertiary/aromatic N) is 1. The number of nitrogens with one attached hydrogen (secondary N) is 1. The number of aryl methyl sites for hydroxylation is 1. The Kier molecular flexibility index (Phi) is 9.71. The molecule has 0 amide bonds. The highest BCUT2D eigenvalue weighted by atomic mass is 32.2. The van der Waals surface area contributed by atoms with Gasteiger partial charge >= 0.3 is 0 Å². The lowest BCUT2D eigenvalue weighted by atomic mass is 10.1. The molecule has 2 nitrogen and oxygen atoms in total. The van der Waals surface area contributed by atoms with Crippen LogP contribution in [0.4, 0.5) is 0 Å². The molecule has 0 aliphatic heterocycles. The Morgan fingerprint density at radius 1 is 0.920 bits per heavy atom. The van der Waals surface area contributed by atoms with Crippen LogP contribution in [0.3, 0.4) is 0 Å². The van der Waals surface area contributed by atoms with Gasteiger partial charge in [-0.1, -0.05) is 49.4 Å². The van der Waals surface area contributed by atoms with Crippen LogP contribution in [0, 0.1) is 0 Å². The first-order valence-corrected chi connectivity index (χ1v) is 10.4. The van der Waals surface area contributed by atoms with E-state index in [2.05, 4.69) is 78.8 Å². The van der Waals surface area contributed by atoms with E-state index in [0.717, 1.165) is 19.6 Å². The highest BCUT2D eigenvalue weighted by Crippen LogP contribution is 2.20. The van der Waals surface area contributed by atoms with Crippen molar-refractivity contribution < 1.29 is 0 Å². The van der Waals surface area contributed by atoms with Gasteiger partial charge in [-0.3, -0.25) is 0 Å². The van der Waals surface area contributed by atoms with Gasteiger partial charge in [-0.15, -0.1) is 11.8 Å². The average Bonchev–Trinajstić information content (AvgIpc) is 2.66. The van der Waals surface area contributed by atoms with Gasteiger partial charge in [-0.25, -0.2) is 0 Å². The van der Waals surface area contributed by atoms with E-state index in [1.165, 1.54) is 47.6 Å². The van der Waals surface area contributed by atoms with Crippen LogP contribution >= 0.6 is 11.8 Å². The molecule has 0 saturated carbocycles. The van der Waals surface area contributed by atoms with Crippen LogP contribution in [0.25, 0.3) is 0 Å². The van der Waals surface area contributed by atoms with Crippen LogP contribution in [-0.4, -0.2) is 37.3 Å². The summed E-state index contributed by atoms with van der Waals surface area (Å²) in [6, 6.07) is 19.8. The van der Waals surface area contributed by atoms with Crippen LogP contribution in [0.2, 0.25) is 0 Å². The van der Waals surface area contributed by atoms with Crippen molar-refractivity contribution in [1.82, 2.24) is 10.2 Å². The Labute approximate surface area is 158 Å². The lowest BCUT2D eigenvalue weighted by Crippen LogP contribution is -2.23. The summed E-state index contributed by atoms with van der Waals surface area (Å²) in [5.74, 6) is 1.18. The van der Waals surface area contributed by atoms with E-state index in [9.17, 15) is 0 Å². The van der Waals surface area contributed by atoms with Crippen molar-refractivity contribution in [2.75, 3.05) is 32.4 Å². The topological polar surface area (TPSA) is 15.3 Å². The van der Waals surface area contributed by atoms with Crippen molar-refractivity contribution in [1.29, 1.82) is 0 Å². The summed E-state index contributed by atoms with van der Waals surface area (Å²) in [7, 11) is 2.18. The van der Waals surface area contributed by atoms with Gasteiger partial charge in [-0.05, 0) is 75.0 Å². The maximum atomic E-state index is 3.54. The Balaban J connectivity index is 1.58. The van der Waals surface area contributed by atoms with Crippen molar-refractivity contribution in [3.63, 3.8) is 0 Å². The van der Waals surface area contributed by atoms with Crippen molar-refractivity contribution >= 4 is 11.8 Å². The fourth-order valence-corrected chi connectivity index (χ4v) is 3.53. The van der Waals surface area contributed by atoms with Crippen molar-refractivity contribution in [2.24, 2.45) is 0 Å². The minimum absolute atomic E-state index is 0.967. The van der Waals surface area contributed by atoms with E-state index in [4.69, 9.17) is 0 Å². The second kappa shape index (κ2) is 12.1. The first-order chi connectivity index (χ1) is 12.3. The smallest absolute Gasteiger partial charge is 0.0205 e. The maximum Gasteiger partial charge on any atom is 0.0205 e. The molecule has 0 heterocycles. The molecule has 3 heteroatoms. The van der Waals surface area contributed by atoms with Gasteiger partial charge in [0.05, 0.1) is 0 Å². The average molecular weight is 357 g/mol. The predicted molar refractivity (Wildman–Crippen MR) is 111 cm³/mol. The molecular weight excluding hydrogens is 324 g/mol. The van der Waals surface area contributed by atoms with Gasteiger partial charge in [0.1, 0.15) is 0 Å². The zero-order chi connectivity index (χ0) is 17.7. The third kappa shape index (κ3) is 8.57. The van der Waals surface area contributed by atoms with E-state index in [1.54, 1.807) is 0 Å². The van der Waals surface area contributed by atoms with E-state index in [0.29, 0.717) is 0 Å². The van der Waals surface area contributed by atoms with Crippen LogP contribution < -0.4 is 5.32 Å². The van der Waals surface area contributed by atoms with Crippen molar-refractivity contribution in [2.45, 2.75) is 37.6 Å².